The number of hydrogen-bond acceptors (Lipinski definition) is 6. The lowest BCUT2D eigenvalue weighted by molar-refractivity contribution is 0.366. The minimum atomic E-state index is -0.197. The zero-order valence-corrected chi connectivity index (χ0v) is 14.1. The van der Waals surface area contributed by atoms with Gasteiger partial charge in [0, 0.05) is 11.0 Å². The number of nitrogens with zero attached hydrogens (tertiary/aromatic N) is 6. The second-order valence-electron chi connectivity index (χ2n) is 6.60. The molecule has 0 saturated carbocycles. The molecule has 0 fully saturated rings. The first-order valence-electron chi connectivity index (χ1n) is 7.61. The van der Waals surface area contributed by atoms with Crippen molar-refractivity contribution in [3.63, 3.8) is 0 Å². The summed E-state index contributed by atoms with van der Waals surface area (Å²) in [6.07, 6.45) is 0. The van der Waals surface area contributed by atoms with E-state index < -0.39 is 0 Å². The van der Waals surface area contributed by atoms with Crippen LogP contribution in [0.25, 0.3) is 11.4 Å². The van der Waals surface area contributed by atoms with Crippen LogP contribution in [0.5, 0.6) is 0 Å². The predicted molar refractivity (Wildman–Crippen MR) is 87.0 cm³/mol. The van der Waals surface area contributed by atoms with Crippen molar-refractivity contribution in [1.29, 1.82) is 5.26 Å². The SMILES string of the molecule is Cc1nnc(-c2cccc(C#N)c2)n1Cc1nnc(C(C)(C)C)o1. The maximum Gasteiger partial charge on any atom is 0.236 e. The largest absolute Gasteiger partial charge is 0.423 e. The van der Waals surface area contributed by atoms with Crippen molar-refractivity contribution in [2.75, 3.05) is 0 Å². The van der Waals surface area contributed by atoms with Crippen LogP contribution in [0.4, 0.5) is 0 Å². The lowest BCUT2D eigenvalue weighted by Crippen LogP contribution is -2.11. The summed E-state index contributed by atoms with van der Waals surface area (Å²) >= 11 is 0. The number of hydrogen-bond donors (Lipinski definition) is 0. The van der Waals surface area contributed by atoms with E-state index in [0.29, 0.717) is 29.7 Å². The predicted octanol–water partition coefficient (Wildman–Crippen LogP) is 2.85. The van der Waals surface area contributed by atoms with Gasteiger partial charge in [-0.3, -0.25) is 0 Å². The molecule has 0 bridgehead atoms. The first-order chi connectivity index (χ1) is 11.4. The van der Waals surface area contributed by atoms with E-state index in [1.807, 2.05) is 44.4 Å². The molecule has 0 N–H and O–H groups in total. The fourth-order valence-electron chi connectivity index (χ4n) is 2.27. The quantitative estimate of drug-likeness (QED) is 0.736. The Morgan fingerprint density at radius 1 is 1.17 bits per heavy atom. The van der Waals surface area contributed by atoms with Crippen molar-refractivity contribution in [1.82, 2.24) is 25.0 Å². The summed E-state index contributed by atoms with van der Waals surface area (Å²) < 4.78 is 7.66. The molecule has 0 aliphatic rings. The van der Waals surface area contributed by atoms with E-state index in [-0.39, 0.29) is 5.41 Å². The molecule has 0 saturated heterocycles. The van der Waals surface area contributed by atoms with Crippen LogP contribution in [0, 0.1) is 18.3 Å². The maximum absolute atomic E-state index is 9.07. The third kappa shape index (κ3) is 3.04. The molecule has 0 radical (unpaired) electrons. The molecule has 7 heteroatoms. The molecule has 0 atom stereocenters. The van der Waals surface area contributed by atoms with Gasteiger partial charge in [0.2, 0.25) is 11.8 Å². The average Bonchev–Trinajstić information content (AvgIpc) is 3.16. The Kier molecular flexibility index (Phi) is 3.89. The smallest absolute Gasteiger partial charge is 0.236 e. The first kappa shape index (κ1) is 15.9. The molecule has 2 heterocycles. The topological polar surface area (TPSA) is 93.4 Å². The maximum atomic E-state index is 9.07. The van der Waals surface area contributed by atoms with Crippen LogP contribution >= 0.6 is 0 Å². The number of aryl methyl sites for hydroxylation is 1. The minimum absolute atomic E-state index is 0.197. The van der Waals surface area contributed by atoms with Crippen molar-refractivity contribution >= 4 is 0 Å². The molecule has 0 unspecified atom stereocenters. The Bertz CT molecular complexity index is 910. The first-order valence-corrected chi connectivity index (χ1v) is 7.61. The van der Waals surface area contributed by atoms with Gasteiger partial charge in [0.25, 0.3) is 0 Å². The highest BCUT2D eigenvalue weighted by atomic mass is 16.4. The monoisotopic (exact) mass is 322 g/mol. The van der Waals surface area contributed by atoms with Gasteiger partial charge in [-0.1, -0.05) is 32.9 Å². The highest BCUT2D eigenvalue weighted by molar-refractivity contribution is 5.58. The Balaban J connectivity index is 1.96. The van der Waals surface area contributed by atoms with Crippen molar-refractivity contribution in [2.45, 2.75) is 39.7 Å². The van der Waals surface area contributed by atoms with Crippen molar-refractivity contribution in [2.24, 2.45) is 0 Å². The van der Waals surface area contributed by atoms with Crippen LogP contribution in [-0.2, 0) is 12.0 Å². The molecule has 2 aromatic heterocycles. The Labute approximate surface area is 140 Å². The molecule has 3 aromatic rings. The second kappa shape index (κ2) is 5.89. The Hall–Kier alpha value is -3.01. The molecule has 122 valence electrons. The molecule has 3 rings (SSSR count). The lowest BCUT2D eigenvalue weighted by Gasteiger charge is -2.11. The summed E-state index contributed by atoms with van der Waals surface area (Å²) in [6, 6.07) is 9.40. The van der Waals surface area contributed by atoms with Crippen LogP contribution in [0.3, 0.4) is 0 Å². The molecule has 0 aliphatic carbocycles. The zero-order valence-electron chi connectivity index (χ0n) is 14.1. The number of benzene rings is 1. The second-order valence-corrected chi connectivity index (χ2v) is 6.60. The summed E-state index contributed by atoms with van der Waals surface area (Å²) in [5.74, 6) is 2.50. The number of aromatic nitrogens is 5. The average molecular weight is 322 g/mol. The summed E-state index contributed by atoms with van der Waals surface area (Å²) in [5, 5.41) is 25.7. The van der Waals surface area contributed by atoms with Crippen LogP contribution < -0.4 is 0 Å². The van der Waals surface area contributed by atoms with Gasteiger partial charge in [0.1, 0.15) is 12.4 Å². The summed E-state index contributed by atoms with van der Waals surface area (Å²) in [5.41, 5.74) is 1.20. The van der Waals surface area contributed by atoms with Crippen molar-refractivity contribution in [3.05, 3.63) is 47.4 Å². The van der Waals surface area contributed by atoms with Crippen LogP contribution in [0.15, 0.2) is 28.7 Å². The van der Waals surface area contributed by atoms with Gasteiger partial charge in [-0.15, -0.1) is 20.4 Å². The van der Waals surface area contributed by atoms with Crippen LogP contribution in [0.2, 0.25) is 0 Å². The molecule has 0 spiro atoms. The van der Waals surface area contributed by atoms with Crippen molar-refractivity contribution in [3.8, 4) is 17.5 Å². The highest BCUT2D eigenvalue weighted by Crippen LogP contribution is 2.23. The van der Waals surface area contributed by atoms with Gasteiger partial charge in [0.05, 0.1) is 11.6 Å². The fraction of sp³-hybridized carbons (Fsp3) is 0.353. The van der Waals surface area contributed by atoms with E-state index in [9.17, 15) is 0 Å². The van der Waals surface area contributed by atoms with E-state index >= 15 is 0 Å². The molecular weight excluding hydrogens is 304 g/mol. The normalized spacial score (nSPS) is 11.5. The molecule has 0 aliphatic heterocycles. The lowest BCUT2D eigenvalue weighted by atomic mass is 9.97. The van der Waals surface area contributed by atoms with E-state index in [1.165, 1.54) is 0 Å². The van der Waals surface area contributed by atoms with Crippen molar-refractivity contribution < 1.29 is 4.42 Å². The number of nitriles is 1. The Morgan fingerprint density at radius 2 is 1.96 bits per heavy atom. The van der Waals surface area contributed by atoms with E-state index in [4.69, 9.17) is 9.68 Å². The van der Waals surface area contributed by atoms with Gasteiger partial charge in [-0.05, 0) is 19.1 Å². The standard InChI is InChI=1S/C17H18N6O/c1-11-19-21-15(13-7-5-6-12(8-13)9-18)23(11)10-14-20-22-16(24-14)17(2,3)4/h5-8H,10H2,1-4H3. The number of rotatable bonds is 3. The van der Waals surface area contributed by atoms with Gasteiger partial charge in [-0.2, -0.15) is 5.26 Å². The molecule has 1 aromatic carbocycles. The molecular formula is C17H18N6O. The van der Waals surface area contributed by atoms with E-state index in [2.05, 4.69) is 26.5 Å². The van der Waals surface area contributed by atoms with Gasteiger partial charge >= 0.3 is 0 Å². The third-order valence-electron chi connectivity index (χ3n) is 3.59. The van der Waals surface area contributed by atoms with Crippen LogP contribution in [-0.4, -0.2) is 25.0 Å². The van der Waals surface area contributed by atoms with E-state index in [1.54, 1.807) is 12.1 Å². The summed E-state index contributed by atoms with van der Waals surface area (Å²) in [6.45, 7) is 8.31. The van der Waals surface area contributed by atoms with E-state index in [0.717, 1.165) is 11.4 Å². The molecule has 24 heavy (non-hydrogen) atoms. The van der Waals surface area contributed by atoms with Gasteiger partial charge in [0.15, 0.2) is 5.82 Å². The van der Waals surface area contributed by atoms with Gasteiger partial charge in [-0.25, -0.2) is 0 Å². The summed E-state index contributed by atoms with van der Waals surface area (Å²) in [4.78, 5) is 0. The van der Waals surface area contributed by atoms with Gasteiger partial charge < -0.3 is 8.98 Å². The molecule has 0 amide bonds. The highest BCUT2D eigenvalue weighted by Gasteiger charge is 2.22. The minimum Gasteiger partial charge on any atom is -0.423 e. The van der Waals surface area contributed by atoms with Crippen LogP contribution in [0.1, 0.15) is 43.9 Å². The Morgan fingerprint density at radius 3 is 2.62 bits per heavy atom. The zero-order chi connectivity index (χ0) is 17.3. The third-order valence-corrected chi connectivity index (χ3v) is 3.59. The fourth-order valence-corrected chi connectivity index (χ4v) is 2.27. The summed E-state index contributed by atoms with van der Waals surface area (Å²) in [7, 11) is 0. The molecule has 7 nitrogen and oxygen atoms in total.